The number of carboxylic acid groups (broad SMARTS) is 2. The number of β-amino-alcohol motifs (C(OH)–C–C–N with tert-alkyl or cyclic N) is 1. The Labute approximate surface area is 259 Å². The molecule has 0 bridgehead atoms. The van der Waals surface area contributed by atoms with E-state index in [9.17, 15) is 13.5 Å². The fourth-order valence-corrected chi connectivity index (χ4v) is 6.12. The summed E-state index contributed by atoms with van der Waals surface area (Å²) in [5.41, 5.74) is 1.99. The Kier molecular flexibility index (Phi) is 12.0. The van der Waals surface area contributed by atoms with Gasteiger partial charge < -0.3 is 29.7 Å². The van der Waals surface area contributed by atoms with Crippen LogP contribution in [0.4, 0.5) is 5.69 Å². The Bertz CT molecular complexity index is 1520. The van der Waals surface area contributed by atoms with E-state index < -0.39 is 27.9 Å². The molecule has 0 aromatic heterocycles. The molecule has 14 heteroatoms. The van der Waals surface area contributed by atoms with Crippen LogP contribution in [0.2, 0.25) is 10.0 Å². The number of hydrogen-bond acceptors (Lipinski definition) is 9. The summed E-state index contributed by atoms with van der Waals surface area (Å²) in [6.07, 6.45) is -0.859. The molecule has 1 saturated heterocycles. The van der Waals surface area contributed by atoms with Crippen molar-refractivity contribution in [3.05, 3.63) is 76.3 Å². The van der Waals surface area contributed by atoms with Crippen molar-refractivity contribution >= 4 is 50.7 Å². The Hall–Kier alpha value is -3.55. The summed E-state index contributed by atoms with van der Waals surface area (Å²) in [4.78, 5) is 22.6. The summed E-state index contributed by atoms with van der Waals surface area (Å²) < 4.78 is 37.9. The highest BCUT2D eigenvalue weighted by molar-refractivity contribution is 7.91. The molecule has 1 fully saturated rings. The number of benzene rings is 3. The number of sulfone groups is 1. The number of ether oxygens (including phenoxy) is 2. The quantitative estimate of drug-likeness (QED) is 0.288. The number of aliphatic hydroxyl groups excluding tert-OH is 1. The van der Waals surface area contributed by atoms with Gasteiger partial charge in [-0.2, -0.15) is 0 Å². The van der Waals surface area contributed by atoms with Gasteiger partial charge in [-0.25, -0.2) is 18.0 Å². The van der Waals surface area contributed by atoms with Gasteiger partial charge in [0.15, 0.2) is 5.75 Å². The van der Waals surface area contributed by atoms with Crippen LogP contribution >= 0.6 is 23.2 Å². The third-order valence-electron chi connectivity index (χ3n) is 6.50. The number of anilines is 1. The van der Waals surface area contributed by atoms with Gasteiger partial charge in [-0.1, -0.05) is 53.0 Å². The Morgan fingerprint density at radius 1 is 0.930 bits per heavy atom. The zero-order chi connectivity index (χ0) is 31.7. The molecule has 0 radical (unpaired) electrons. The molecule has 1 atom stereocenters. The number of methoxy groups -OCH3 is 1. The van der Waals surface area contributed by atoms with Gasteiger partial charge in [0, 0.05) is 32.7 Å². The summed E-state index contributed by atoms with van der Waals surface area (Å²) in [5.74, 6) is -2.88. The molecule has 1 heterocycles. The van der Waals surface area contributed by atoms with E-state index in [0.717, 1.165) is 43.2 Å². The molecular formula is C29H32Cl2N2O9S. The number of piperazine rings is 1. The van der Waals surface area contributed by atoms with E-state index >= 15 is 0 Å². The van der Waals surface area contributed by atoms with Crippen LogP contribution in [-0.4, -0.2) is 93.1 Å². The third-order valence-corrected chi connectivity index (χ3v) is 9.08. The van der Waals surface area contributed by atoms with Gasteiger partial charge in [-0.15, -0.1) is 0 Å². The van der Waals surface area contributed by atoms with E-state index in [1.807, 2.05) is 31.2 Å². The zero-order valence-corrected chi connectivity index (χ0v) is 25.8. The van der Waals surface area contributed by atoms with Gasteiger partial charge in [0.1, 0.15) is 28.4 Å². The molecular weight excluding hydrogens is 623 g/mol. The monoisotopic (exact) mass is 654 g/mol. The minimum Gasteiger partial charge on any atom is -0.495 e. The Morgan fingerprint density at radius 2 is 1.53 bits per heavy atom. The summed E-state index contributed by atoms with van der Waals surface area (Å²) >= 11 is 12.5. The first kappa shape index (κ1) is 33.9. The number of halogens is 2. The number of aliphatic hydroxyl groups is 1. The van der Waals surface area contributed by atoms with Crippen molar-refractivity contribution in [3.8, 4) is 11.5 Å². The number of aryl methyl sites for hydroxylation is 1. The normalized spacial score (nSPS) is 14.3. The maximum absolute atomic E-state index is 13.3. The van der Waals surface area contributed by atoms with E-state index in [2.05, 4.69) is 9.80 Å². The molecule has 1 aliphatic rings. The molecule has 0 aliphatic carbocycles. The lowest BCUT2D eigenvalue weighted by Gasteiger charge is -2.37. The maximum atomic E-state index is 13.3. The number of hydrogen-bond donors (Lipinski definition) is 3. The van der Waals surface area contributed by atoms with Crippen molar-refractivity contribution in [2.75, 3.05) is 51.3 Å². The average Bonchev–Trinajstić information content (AvgIpc) is 2.98. The van der Waals surface area contributed by atoms with Gasteiger partial charge in [0.25, 0.3) is 0 Å². The fraction of sp³-hybridized carbons (Fsp3) is 0.310. The maximum Gasteiger partial charge on any atom is 0.414 e. The molecule has 11 nitrogen and oxygen atoms in total. The molecule has 3 aromatic carbocycles. The van der Waals surface area contributed by atoms with Crippen LogP contribution in [0.1, 0.15) is 5.56 Å². The SMILES string of the molecule is COc1ccccc1N1CCN(CC(O)COc2c(S(=O)(=O)c3ccc(C)cc3)ccc(Cl)c2Cl)CC1.O=C(O)C(=O)O. The number of para-hydroxylation sites is 2. The minimum absolute atomic E-state index is 0.00697. The summed E-state index contributed by atoms with van der Waals surface area (Å²) in [7, 11) is -2.25. The van der Waals surface area contributed by atoms with Gasteiger partial charge in [-0.3, -0.25) is 4.90 Å². The van der Waals surface area contributed by atoms with E-state index in [0.29, 0.717) is 6.54 Å². The summed E-state index contributed by atoms with van der Waals surface area (Å²) in [6, 6.07) is 17.2. The molecule has 43 heavy (non-hydrogen) atoms. The number of carbonyl (C=O) groups is 2. The Morgan fingerprint density at radius 3 is 2.12 bits per heavy atom. The van der Waals surface area contributed by atoms with E-state index in [4.69, 9.17) is 52.5 Å². The first-order chi connectivity index (χ1) is 20.3. The van der Waals surface area contributed by atoms with E-state index in [1.165, 1.54) is 24.3 Å². The number of aliphatic carboxylic acids is 2. The van der Waals surface area contributed by atoms with E-state index in [-0.39, 0.29) is 32.2 Å². The molecule has 3 aromatic rings. The van der Waals surface area contributed by atoms with Crippen molar-refractivity contribution in [1.29, 1.82) is 0 Å². The Balaban J connectivity index is 0.000000765. The van der Waals surface area contributed by atoms with Gasteiger partial charge in [0.2, 0.25) is 9.84 Å². The molecule has 4 rings (SSSR count). The number of rotatable bonds is 9. The van der Waals surface area contributed by atoms with Crippen LogP contribution in [0.15, 0.2) is 70.5 Å². The standard InChI is InChI=1S/C27H30Cl2N2O5S.C2H2O4/c1-19-7-9-21(10-8-19)37(33,34)25-12-11-22(28)26(29)27(25)36-18-20(32)17-30-13-15-31(16-14-30)23-5-3-4-6-24(23)35-2;3-1(4)2(5)6/h3-12,20,32H,13-18H2,1-2H3;(H,3,4)(H,5,6). The van der Waals surface area contributed by atoms with Crippen molar-refractivity contribution in [1.82, 2.24) is 4.90 Å². The smallest absolute Gasteiger partial charge is 0.414 e. The van der Waals surface area contributed by atoms with Crippen molar-refractivity contribution in [3.63, 3.8) is 0 Å². The fourth-order valence-electron chi connectivity index (χ4n) is 4.30. The van der Waals surface area contributed by atoms with Crippen molar-refractivity contribution in [2.45, 2.75) is 22.8 Å². The molecule has 0 amide bonds. The van der Waals surface area contributed by atoms with Crippen LogP contribution in [0.3, 0.4) is 0 Å². The molecule has 1 aliphatic heterocycles. The highest BCUT2D eigenvalue weighted by Crippen LogP contribution is 2.40. The second-order valence-corrected chi connectivity index (χ2v) is 12.2. The molecule has 0 spiro atoms. The lowest BCUT2D eigenvalue weighted by molar-refractivity contribution is -0.159. The van der Waals surface area contributed by atoms with Crippen LogP contribution < -0.4 is 14.4 Å². The first-order valence-electron chi connectivity index (χ1n) is 13.0. The molecule has 3 N–H and O–H groups in total. The van der Waals surface area contributed by atoms with Crippen LogP contribution in [0.25, 0.3) is 0 Å². The lowest BCUT2D eigenvalue weighted by atomic mass is 10.2. The summed E-state index contributed by atoms with van der Waals surface area (Å²) in [6.45, 7) is 5.19. The highest BCUT2D eigenvalue weighted by Gasteiger charge is 2.27. The second-order valence-electron chi connectivity index (χ2n) is 9.54. The first-order valence-corrected chi connectivity index (χ1v) is 15.3. The molecule has 0 saturated carbocycles. The topological polar surface area (TPSA) is 154 Å². The van der Waals surface area contributed by atoms with Gasteiger partial charge in [0.05, 0.1) is 22.7 Å². The third kappa shape index (κ3) is 8.97. The number of nitrogens with zero attached hydrogens (tertiary/aromatic N) is 2. The molecule has 232 valence electrons. The van der Waals surface area contributed by atoms with Gasteiger partial charge >= 0.3 is 11.9 Å². The predicted molar refractivity (Wildman–Crippen MR) is 162 cm³/mol. The highest BCUT2D eigenvalue weighted by atomic mass is 35.5. The van der Waals surface area contributed by atoms with Gasteiger partial charge in [-0.05, 0) is 43.3 Å². The largest absolute Gasteiger partial charge is 0.495 e. The predicted octanol–water partition coefficient (Wildman–Crippen LogP) is 3.86. The van der Waals surface area contributed by atoms with Crippen LogP contribution in [-0.2, 0) is 19.4 Å². The number of carboxylic acids is 2. The second kappa shape index (κ2) is 15.3. The average molecular weight is 656 g/mol. The lowest BCUT2D eigenvalue weighted by Crippen LogP contribution is -2.49. The molecule has 1 unspecified atom stereocenters. The minimum atomic E-state index is -3.91. The summed E-state index contributed by atoms with van der Waals surface area (Å²) in [5, 5.41) is 25.6. The van der Waals surface area contributed by atoms with Crippen molar-refractivity contribution in [2.24, 2.45) is 0 Å². The zero-order valence-electron chi connectivity index (χ0n) is 23.4. The van der Waals surface area contributed by atoms with Crippen LogP contribution in [0, 0.1) is 6.92 Å². The van der Waals surface area contributed by atoms with Crippen molar-refractivity contribution < 1.29 is 42.8 Å². The van der Waals surface area contributed by atoms with E-state index in [1.54, 1.807) is 19.2 Å². The van der Waals surface area contributed by atoms with Crippen LogP contribution in [0.5, 0.6) is 11.5 Å².